The van der Waals surface area contributed by atoms with Crippen molar-refractivity contribution in [3.63, 3.8) is 0 Å². The number of ether oxygens (including phenoxy) is 1. The van der Waals surface area contributed by atoms with Gasteiger partial charge in [0.05, 0.1) is 13.2 Å². The lowest BCUT2D eigenvalue weighted by molar-refractivity contribution is -0.153. The van der Waals surface area contributed by atoms with Gasteiger partial charge < -0.3 is 15.4 Å². The molecule has 31 heavy (non-hydrogen) atoms. The molecule has 6 nitrogen and oxygen atoms in total. The number of rotatable bonds is 5. The second kappa shape index (κ2) is 8.70. The highest BCUT2D eigenvalue weighted by atomic mass is 16.5. The largest absolute Gasteiger partial charge is 0.367 e. The number of amides is 2. The average Bonchev–Trinajstić information content (AvgIpc) is 2.80. The topological polar surface area (TPSA) is 85.5 Å². The lowest BCUT2D eigenvalue weighted by Crippen LogP contribution is -2.61. The maximum Gasteiger partial charge on any atom is 0.254 e. The number of aryl methyl sites for hydroxylation is 1. The van der Waals surface area contributed by atoms with E-state index in [0.29, 0.717) is 18.5 Å². The minimum absolute atomic E-state index is 0.109. The number of primary amides is 1. The van der Waals surface area contributed by atoms with Crippen LogP contribution in [0.15, 0.2) is 73.1 Å². The Morgan fingerprint density at radius 3 is 2.52 bits per heavy atom. The van der Waals surface area contributed by atoms with Crippen LogP contribution in [0.5, 0.6) is 0 Å². The minimum Gasteiger partial charge on any atom is -0.367 e. The summed E-state index contributed by atoms with van der Waals surface area (Å²) in [6.07, 6.45) is 3.44. The van der Waals surface area contributed by atoms with Crippen LogP contribution < -0.4 is 5.73 Å². The van der Waals surface area contributed by atoms with E-state index in [9.17, 15) is 9.59 Å². The Balaban J connectivity index is 1.59. The van der Waals surface area contributed by atoms with Crippen LogP contribution in [0.2, 0.25) is 0 Å². The van der Waals surface area contributed by atoms with Gasteiger partial charge in [0, 0.05) is 30.9 Å². The third-order valence-corrected chi connectivity index (χ3v) is 5.65. The molecule has 4 rings (SSSR count). The number of carbonyl (C=O) groups excluding carboxylic acids is 2. The Hall–Kier alpha value is -3.51. The molecule has 2 heterocycles. The molecule has 1 atom stereocenters. The highest BCUT2D eigenvalue weighted by molar-refractivity contribution is 5.95. The zero-order valence-corrected chi connectivity index (χ0v) is 17.5. The summed E-state index contributed by atoms with van der Waals surface area (Å²) in [5.74, 6) is -0.731. The van der Waals surface area contributed by atoms with Crippen molar-refractivity contribution in [3.8, 4) is 11.1 Å². The second-order valence-corrected chi connectivity index (χ2v) is 7.91. The molecule has 0 unspecified atom stereocenters. The summed E-state index contributed by atoms with van der Waals surface area (Å²) in [6.45, 7) is 2.81. The van der Waals surface area contributed by atoms with E-state index in [0.717, 1.165) is 16.7 Å². The Morgan fingerprint density at radius 2 is 1.81 bits per heavy atom. The molecule has 2 aromatic carbocycles. The molecular formula is C25H25N3O3. The quantitative estimate of drug-likeness (QED) is 0.694. The summed E-state index contributed by atoms with van der Waals surface area (Å²) in [6, 6.07) is 19.6. The molecule has 158 valence electrons. The van der Waals surface area contributed by atoms with Gasteiger partial charge in [0.2, 0.25) is 0 Å². The van der Waals surface area contributed by atoms with Gasteiger partial charge in [0.25, 0.3) is 11.8 Å². The number of carbonyl (C=O) groups is 2. The van der Waals surface area contributed by atoms with Crippen LogP contribution in [-0.4, -0.2) is 47.0 Å². The summed E-state index contributed by atoms with van der Waals surface area (Å²) < 4.78 is 5.93. The monoisotopic (exact) mass is 415 g/mol. The number of aromatic nitrogens is 1. The number of nitrogens with two attached hydrogens (primary N) is 1. The first kappa shape index (κ1) is 20.8. The smallest absolute Gasteiger partial charge is 0.254 e. The van der Waals surface area contributed by atoms with Crippen molar-refractivity contribution in [2.75, 3.05) is 19.7 Å². The number of nitrogens with zero attached hydrogens (tertiary/aromatic N) is 2. The van der Waals surface area contributed by atoms with E-state index in [4.69, 9.17) is 10.5 Å². The summed E-state index contributed by atoms with van der Waals surface area (Å²) in [4.78, 5) is 31.0. The number of hydrogen-bond donors (Lipinski definition) is 1. The van der Waals surface area contributed by atoms with E-state index in [1.54, 1.807) is 29.4 Å². The zero-order valence-electron chi connectivity index (χ0n) is 17.5. The van der Waals surface area contributed by atoms with Gasteiger partial charge in [-0.1, -0.05) is 54.1 Å². The lowest BCUT2D eigenvalue weighted by Gasteiger charge is -2.40. The van der Waals surface area contributed by atoms with Gasteiger partial charge in [-0.2, -0.15) is 0 Å². The van der Waals surface area contributed by atoms with E-state index in [1.165, 1.54) is 5.56 Å². The molecule has 1 aliphatic heterocycles. The molecule has 2 amide bonds. The standard InChI is InChI=1S/C25H25N3O3/c1-18-5-7-20(8-6-18)22-4-2-3-19(15-22)16-25(24(26)30)17-28(13-14-31-25)23(29)21-9-11-27-12-10-21/h2-12,15H,13-14,16-17H2,1H3,(H2,26,30)/t25-/m0/s1. The van der Waals surface area contributed by atoms with E-state index >= 15 is 0 Å². The molecular weight excluding hydrogens is 390 g/mol. The minimum atomic E-state index is -1.27. The van der Waals surface area contributed by atoms with E-state index in [-0.39, 0.29) is 19.1 Å². The van der Waals surface area contributed by atoms with Gasteiger partial charge in [0.15, 0.2) is 5.60 Å². The van der Waals surface area contributed by atoms with E-state index in [1.807, 2.05) is 24.3 Å². The summed E-state index contributed by atoms with van der Waals surface area (Å²) >= 11 is 0. The SMILES string of the molecule is Cc1ccc(-c2cccc(C[C@@]3(C(N)=O)CN(C(=O)c4ccncc4)CCO3)c2)cc1. The van der Waals surface area contributed by atoms with Crippen LogP contribution in [0, 0.1) is 6.92 Å². The van der Waals surface area contributed by atoms with Gasteiger partial charge in [-0.3, -0.25) is 14.6 Å². The third kappa shape index (κ3) is 4.49. The van der Waals surface area contributed by atoms with Crippen molar-refractivity contribution in [2.24, 2.45) is 5.73 Å². The molecule has 0 aliphatic carbocycles. The van der Waals surface area contributed by atoms with Crippen LogP contribution in [0.25, 0.3) is 11.1 Å². The summed E-state index contributed by atoms with van der Waals surface area (Å²) in [5.41, 5.74) is 9.33. The fourth-order valence-corrected chi connectivity index (χ4v) is 3.91. The molecule has 3 aromatic rings. The highest BCUT2D eigenvalue weighted by Crippen LogP contribution is 2.27. The van der Waals surface area contributed by atoms with Gasteiger partial charge in [-0.15, -0.1) is 0 Å². The maximum atomic E-state index is 12.9. The Labute approximate surface area is 181 Å². The molecule has 1 aliphatic rings. The predicted molar refractivity (Wildman–Crippen MR) is 118 cm³/mol. The van der Waals surface area contributed by atoms with Crippen LogP contribution >= 0.6 is 0 Å². The van der Waals surface area contributed by atoms with Crippen molar-refractivity contribution in [1.29, 1.82) is 0 Å². The van der Waals surface area contributed by atoms with Crippen molar-refractivity contribution < 1.29 is 14.3 Å². The van der Waals surface area contributed by atoms with Crippen molar-refractivity contribution in [3.05, 3.63) is 89.7 Å². The number of pyridine rings is 1. The average molecular weight is 415 g/mol. The molecule has 2 N–H and O–H groups in total. The van der Waals surface area contributed by atoms with E-state index in [2.05, 4.69) is 36.2 Å². The first-order valence-corrected chi connectivity index (χ1v) is 10.3. The van der Waals surface area contributed by atoms with Crippen LogP contribution in [0.3, 0.4) is 0 Å². The Morgan fingerprint density at radius 1 is 1.06 bits per heavy atom. The second-order valence-electron chi connectivity index (χ2n) is 7.91. The highest BCUT2D eigenvalue weighted by Gasteiger charge is 2.44. The number of morpholine rings is 1. The molecule has 6 heteroatoms. The van der Waals surface area contributed by atoms with Gasteiger partial charge in [-0.05, 0) is 35.7 Å². The Bertz CT molecular complexity index is 1080. The maximum absolute atomic E-state index is 12.9. The fourth-order valence-electron chi connectivity index (χ4n) is 3.91. The molecule has 1 fully saturated rings. The Kier molecular flexibility index (Phi) is 5.82. The zero-order chi connectivity index (χ0) is 21.8. The van der Waals surface area contributed by atoms with E-state index < -0.39 is 11.5 Å². The third-order valence-electron chi connectivity index (χ3n) is 5.65. The number of benzene rings is 2. The van der Waals surface area contributed by atoms with Crippen molar-refractivity contribution in [2.45, 2.75) is 18.9 Å². The normalized spacial score (nSPS) is 18.5. The van der Waals surface area contributed by atoms with Gasteiger partial charge in [-0.25, -0.2) is 0 Å². The molecule has 0 saturated carbocycles. The lowest BCUT2D eigenvalue weighted by atomic mass is 9.90. The number of hydrogen-bond acceptors (Lipinski definition) is 4. The fraction of sp³-hybridized carbons (Fsp3) is 0.240. The molecule has 0 radical (unpaired) electrons. The summed E-state index contributed by atoms with van der Waals surface area (Å²) in [5, 5.41) is 0. The van der Waals surface area contributed by atoms with Crippen molar-refractivity contribution >= 4 is 11.8 Å². The molecule has 0 spiro atoms. The van der Waals surface area contributed by atoms with Gasteiger partial charge in [0.1, 0.15) is 0 Å². The molecule has 1 aromatic heterocycles. The predicted octanol–water partition coefficient (Wildman–Crippen LogP) is 3.00. The first-order chi connectivity index (χ1) is 15.0. The molecule has 0 bridgehead atoms. The summed E-state index contributed by atoms with van der Waals surface area (Å²) in [7, 11) is 0. The van der Waals surface area contributed by atoms with Crippen LogP contribution in [0.1, 0.15) is 21.5 Å². The van der Waals surface area contributed by atoms with Crippen LogP contribution in [0.4, 0.5) is 0 Å². The molecule has 1 saturated heterocycles. The first-order valence-electron chi connectivity index (χ1n) is 10.3. The van der Waals surface area contributed by atoms with Crippen LogP contribution in [-0.2, 0) is 16.0 Å². The van der Waals surface area contributed by atoms with Crippen molar-refractivity contribution in [1.82, 2.24) is 9.88 Å². The van der Waals surface area contributed by atoms with Gasteiger partial charge >= 0.3 is 0 Å².